The van der Waals surface area contributed by atoms with Crippen LogP contribution in [0.3, 0.4) is 0 Å². The molecule has 1 N–H and O–H groups in total. The van der Waals surface area contributed by atoms with E-state index in [0.29, 0.717) is 17.9 Å². The summed E-state index contributed by atoms with van der Waals surface area (Å²) in [5, 5.41) is 2.90. The highest BCUT2D eigenvalue weighted by molar-refractivity contribution is 5.91. The lowest BCUT2D eigenvalue weighted by Crippen LogP contribution is -2.14. The number of amides is 1. The summed E-state index contributed by atoms with van der Waals surface area (Å²) in [6.07, 6.45) is 0.443. The molecule has 0 aromatic heterocycles. The molecule has 1 aliphatic rings. The maximum absolute atomic E-state index is 12.1. The van der Waals surface area contributed by atoms with E-state index in [4.69, 9.17) is 9.47 Å². The van der Waals surface area contributed by atoms with Crippen molar-refractivity contribution in [2.75, 3.05) is 12.1 Å². The zero-order valence-corrected chi connectivity index (χ0v) is 11.8. The number of anilines is 1. The summed E-state index contributed by atoms with van der Waals surface area (Å²) < 4.78 is 10.5. The predicted octanol–water partition coefficient (Wildman–Crippen LogP) is 3.55. The molecule has 0 radical (unpaired) electrons. The van der Waals surface area contributed by atoms with Crippen LogP contribution < -0.4 is 14.8 Å². The maximum atomic E-state index is 12.1. The lowest BCUT2D eigenvalue weighted by Gasteiger charge is -2.12. The van der Waals surface area contributed by atoms with Crippen molar-refractivity contribution in [2.24, 2.45) is 0 Å². The van der Waals surface area contributed by atoms with Gasteiger partial charge >= 0.3 is 0 Å². The molecule has 0 fully saturated rings. The van der Waals surface area contributed by atoms with Gasteiger partial charge in [0.15, 0.2) is 11.5 Å². The van der Waals surface area contributed by atoms with Gasteiger partial charge < -0.3 is 14.8 Å². The van der Waals surface area contributed by atoms with Gasteiger partial charge in [-0.15, -0.1) is 0 Å². The number of benzene rings is 2. The minimum atomic E-state index is -0.00906. The van der Waals surface area contributed by atoms with E-state index in [-0.39, 0.29) is 18.6 Å². The number of hydrogen-bond acceptors (Lipinski definition) is 3. The number of ether oxygens (including phenoxy) is 2. The van der Waals surface area contributed by atoms with Crippen LogP contribution >= 0.6 is 0 Å². The predicted molar refractivity (Wildman–Crippen MR) is 80.7 cm³/mol. The van der Waals surface area contributed by atoms with Gasteiger partial charge in [0.2, 0.25) is 12.7 Å². The Balaban J connectivity index is 1.61. The van der Waals surface area contributed by atoms with Crippen molar-refractivity contribution in [3.63, 3.8) is 0 Å². The molecule has 0 aliphatic carbocycles. The molecule has 4 nitrogen and oxygen atoms in total. The fourth-order valence-electron chi connectivity index (χ4n) is 2.36. The van der Waals surface area contributed by atoms with E-state index in [1.807, 2.05) is 36.4 Å². The Bertz CT molecular complexity index is 640. The third kappa shape index (κ3) is 3.16. The molecule has 0 bridgehead atoms. The van der Waals surface area contributed by atoms with Gasteiger partial charge in [0.05, 0.1) is 0 Å². The fourth-order valence-corrected chi connectivity index (χ4v) is 2.36. The summed E-state index contributed by atoms with van der Waals surface area (Å²) in [7, 11) is 0. The van der Waals surface area contributed by atoms with Crippen LogP contribution in [0.15, 0.2) is 48.5 Å². The molecule has 0 saturated carbocycles. The van der Waals surface area contributed by atoms with Crippen molar-refractivity contribution in [1.29, 1.82) is 0 Å². The Morgan fingerprint density at radius 1 is 1.14 bits per heavy atom. The van der Waals surface area contributed by atoms with Crippen molar-refractivity contribution >= 4 is 11.6 Å². The van der Waals surface area contributed by atoms with Crippen molar-refractivity contribution in [1.82, 2.24) is 0 Å². The van der Waals surface area contributed by atoms with Crippen molar-refractivity contribution in [3.05, 3.63) is 54.1 Å². The van der Waals surface area contributed by atoms with Crippen LogP contribution in [-0.4, -0.2) is 12.7 Å². The minimum absolute atomic E-state index is 0.00906. The molecule has 2 aromatic rings. The molecule has 0 saturated heterocycles. The van der Waals surface area contributed by atoms with Crippen LogP contribution in [0, 0.1) is 0 Å². The van der Waals surface area contributed by atoms with E-state index in [2.05, 4.69) is 12.2 Å². The summed E-state index contributed by atoms with van der Waals surface area (Å²) in [4.78, 5) is 12.1. The standard InChI is InChI=1S/C17H17NO3/c1-12(13-5-3-2-4-6-13)9-17(19)18-14-7-8-15-16(10-14)21-11-20-15/h2-8,10,12H,9,11H2,1H3,(H,18,19)/t12-/m1/s1. The SMILES string of the molecule is C[C@H](CC(=O)Nc1ccc2c(c1)OCO2)c1ccccc1. The second kappa shape index (κ2) is 5.87. The molecule has 1 aliphatic heterocycles. The molecular weight excluding hydrogens is 266 g/mol. The van der Waals surface area contributed by atoms with E-state index in [9.17, 15) is 4.79 Å². The average molecular weight is 283 g/mol. The van der Waals surface area contributed by atoms with E-state index < -0.39 is 0 Å². The van der Waals surface area contributed by atoms with Crippen molar-refractivity contribution in [2.45, 2.75) is 19.3 Å². The first-order valence-corrected chi connectivity index (χ1v) is 6.97. The number of rotatable bonds is 4. The molecule has 21 heavy (non-hydrogen) atoms. The second-order valence-electron chi connectivity index (χ2n) is 5.13. The van der Waals surface area contributed by atoms with E-state index in [0.717, 1.165) is 5.69 Å². The molecule has 1 amide bonds. The van der Waals surface area contributed by atoms with Crippen LogP contribution in [0.25, 0.3) is 0 Å². The smallest absolute Gasteiger partial charge is 0.231 e. The molecule has 3 rings (SSSR count). The highest BCUT2D eigenvalue weighted by Gasteiger charge is 2.15. The largest absolute Gasteiger partial charge is 0.454 e. The molecule has 0 unspecified atom stereocenters. The van der Waals surface area contributed by atoms with Gasteiger partial charge in [-0.1, -0.05) is 37.3 Å². The van der Waals surface area contributed by atoms with Crippen LogP contribution in [0.1, 0.15) is 24.8 Å². The normalized spacial score (nSPS) is 13.8. The molecule has 108 valence electrons. The zero-order valence-electron chi connectivity index (χ0n) is 11.8. The number of carbonyl (C=O) groups is 1. The van der Waals surface area contributed by atoms with Gasteiger partial charge in [0.25, 0.3) is 0 Å². The van der Waals surface area contributed by atoms with Crippen LogP contribution in [0.2, 0.25) is 0 Å². The Morgan fingerprint density at radius 3 is 2.71 bits per heavy atom. The molecule has 0 spiro atoms. The van der Waals surface area contributed by atoms with E-state index in [1.165, 1.54) is 5.56 Å². The van der Waals surface area contributed by atoms with Gasteiger partial charge in [0, 0.05) is 18.2 Å². The second-order valence-corrected chi connectivity index (χ2v) is 5.13. The quantitative estimate of drug-likeness (QED) is 0.933. The molecule has 1 atom stereocenters. The lowest BCUT2D eigenvalue weighted by molar-refractivity contribution is -0.116. The topological polar surface area (TPSA) is 47.6 Å². The first kappa shape index (κ1) is 13.5. The minimum Gasteiger partial charge on any atom is -0.454 e. The fraction of sp³-hybridized carbons (Fsp3) is 0.235. The zero-order chi connectivity index (χ0) is 14.7. The number of hydrogen-bond donors (Lipinski definition) is 1. The third-order valence-electron chi connectivity index (χ3n) is 3.52. The Kier molecular flexibility index (Phi) is 3.77. The number of carbonyl (C=O) groups excluding carboxylic acids is 1. The van der Waals surface area contributed by atoms with Gasteiger partial charge in [-0.05, 0) is 23.6 Å². The molecular formula is C17H17NO3. The molecule has 4 heteroatoms. The van der Waals surface area contributed by atoms with Crippen LogP contribution in [0.4, 0.5) is 5.69 Å². The lowest BCUT2D eigenvalue weighted by atomic mass is 9.97. The van der Waals surface area contributed by atoms with Crippen LogP contribution in [0.5, 0.6) is 11.5 Å². The van der Waals surface area contributed by atoms with Gasteiger partial charge in [-0.2, -0.15) is 0 Å². The maximum Gasteiger partial charge on any atom is 0.231 e. The Morgan fingerprint density at radius 2 is 1.90 bits per heavy atom. The van der Waals surface area contributed by atoms with E-state index >= 15 is 0 Å². The summed E-state index contributed by atoms with van der Waals surface area (Å²) >= 11 is 0. The summed E-state index contributed by atoms with van der Waals surface area (Å²) in [5.41, 5.74) is 1.89. The molecule has 1 heterocycles. The summed E-state index contributed by atoms with van der Waals surface area (Å²) in [6, 6.07) is 15.4. The average Bonchev–Trinajstić information content (AvgIpc) is 2.95. The number of fused-ring (bicyclic) bond motifs is 1. The Hall–Kier alpha value is -2.49. The molecule has 2 aromatic carbocycles. The third-order valence-corrected chi connectivity index (χ3v) is 3.52. The van der Waals surface area contributed by atoms with Crippen molar-refractivity contribution in [3.8, 4) is 11.5 Å². The monoisotopic (exact) mass is 283 g/mol. The summed E-state index contributed by atoms with van der Waals surface area (Å²) in [5.74, 6) is 1.56. The highest BCUT2D eigenvalue weighted by atomic mass is 16.7. The van der Waals surface area contributed by atoms with Crippen LogP contribution in [-0.2, 0) is 4.79 Å². The first-order chi connectivity index (χ1) is 10.2. The van der Waals surface area contributed by atoms with Gasteiger partial charge in [-0.3, -0.25) is 4.79 Å². The van der Waals surface area contributed by atoms with E-state index in [1.54, 1.807) is 12.1 Å². The van der Waals surface area contributed by atoms with Gasteiger partial charge in [0.1, 0.15) is 0 Å². The number of nitrogens with one attached hydrogen (secondary N) is 1. The Labute approximate surface area is 123 Å². The first-order valence-electron chi connectivity index (χ1n) is 6.97. The highest BCUT2D eigenvalue weighted by Crippen LogP contribution is 2.34. The van der Waals surface area contributed by atoms with Gasteiger partial charge in [-0.25, -0.2) is 0 Å². The summed E-state index contributed by atoms with van der Waals surface area (Å²) in [6.45, 7) is 2.28. The van der Waals surface area contributed by atoms with Crippen molar-refractivity contribution < 1.29 is 14.3 Å².